The van der Waals surface area contributed by atoms with Crippen LogP contribution >= 0.6 is 0 Å². The van der Waals surface area contributed by atoms with Gasteiger partial charge in [-0.2, -0.15) is 0 Å². The third-order valence-electron chi connectivity index (χ3n) is 3.86. The van der Waals surface area contributed by atoms with E-state index in [-0.39, 0.29) is 6.61 Å². The van der Waals surface area contributed by atoms with Crippen LogP contribution in [0, 0.1) is 11.8 Å². The molecule has 1 heterocycles. The number of hydrogen-bond acceptors (Lipinski definition) is 3. The fourth-order valence-electron chi connectivity index (χ4n) is 3.06. The van der Waals surface area contributed by atoms with Crippen LogP contribution in [0.2, 0.25) is 0 Å². The minimum atomic E-state index is -0.448. The first-order chi connectivity index (χ1) is 10.0. The maximum atomic E-state index is 10.7. The highest BCUT2D eigenvalue weighted by atomic mass is 16.5. The summed E-state index contributed by atoms with van der Waals surface area (Å²) in [6, 6.07) is 7.93. The molecule has 2 N–H and O–H groups in total. The number of nitrogens with two attached hydrogens (primary N) is 1. The number of hydrogen-bond donors (Lipinski definition) is 1. The van der Waals surface area contributed by atoms with Crippen LogP contribution in [-0.2, 0) is 11.3 Å². The van der Waals surface area contributed by atoms with Crippen molar-refractivity contribution in [2.24, 2.45) is 17.6 Å². The maximum absolute atomic E-state index is 10.7. The highest BCUT2D eigenvalue weighted by Crippen LogP contribution is 2.25. The van der Waals surface area contributed by atoms with E-state index in [2.05, 4.69) is 24.8 Å². The van der Waals surface area contributed by atoms with Gasteiger partial charge < -0.3 is 10.5 Å². The summed E-state index contributed by atoms with van der Waals surface area (Å²) in [6.07, 6.45) is 2.62. The lowest BCUT2D eigenvalue weighted by molar-refractivity contribution is -0.119. The summed E-state index contributed by atoms with van der Waals surface area (Å²) < 4.78 is 5.35. The number of rotatable bonds is 7. The van der Waals surface area contributed by atoms with E-state index >= 15 is 0 Å². The molecule has 4 nitrogen and oxygen atoms in total. The van der Waals surface area contributed by atoms with Gasteiger partial charge in [-0.25, -0.2) is 0 Å². The molecule has 1 aromatic carbocycles. The predicted octanol–water partition coefficient (Wildman–Crippen LogP) is 2.42. The Labute approximate surface area is 127 Å². The molecule has 1 atom stereocenters. The van der Waals surface area contributed by atoms with Gasteiger partial charge in [0, 0.05) is 13.1 Å². The van der Waals surface area contributed by atoms with Gasteiger partial charge in [0.1, 0.15) is 5.75 Å². The van der Waals surface area contributed by atoms with Gasteiger partial charge in [-0.3, -0.25) is 9.69 Å². The average molecular weight is 290 g/mol. The molecule has 1 aromatic rings. The summed E-state index contributed by atoms with van der Waals surface area (Å²) in [4.78, 5) is 13.2. The maximum Gasteiger partial charge on any atom is 0.255 e. The molecule has 116 valence electrons. The van der Waals surface area contributed by atoms with E-state index < -0.39 is 5.91 Å². The van der Waals surface area contributed by atoms with E-state index in [1.165, 1.54) is 31.5 Å². The number of benzene rings is 1. The molecule has 1 saturated heterocycles. The van der Waals surface area contributed by atoms with Crippen LogP contribution in [-0.4, -0.2) is 30.5 Å². The SMILES string of the molecule is CC(C)C[C@H]1CCN(Cc2cccc(OCC(N)=O)c2)C1. The van der Waals surface area contributed by atoms with E-state index in [4.69, 9.17) is 10.5 Å². The second-order valence-corrected chi connectivity index (χ2v) is 6.42. The Morgan fingerprint density at radius 3 is 3.00 bits per heavy atom. The van der Waals surface area contributed by atoms with Crippen molar-refractivity contribution in [2.75, 3.05) is 19.7 Å². The highest BCUT2D eigenvalue weighted by molar-refractivity contribution is 5.75. The quantitative estimate of drug-likeness (QED) is 0.839. The van der Waals surface area contributed by atoms with Crippen LogP contribution < -0.4 is 10.5 Å². The van der Waals surface area contributed by atoms with Crippen LogP contribution in [0.15, 0.2) is 24.3 Å². The van der Waals surface area contributed by atoms with Crippen molar-refractivity contribution in [3.05, 3.63) is 29.8 Å². The molecule has 21 heavy (non-hydrogen) atoms. The lowest BCUT2D eigenvalue weighted by atomic mass is 9.97. The van der Waals surface area contributed by atoms with Crippen molar-refractivity contribution in [3.63, 3.8) is 0 Å². The summed E-state index contributed by atoms with van der Waals surface area (Å²) in [5.41, 5.74) is 6.32. The Morgan fingerprint density at radius 1 is 1.48 bits per heavy atom. The smallest absolute Gasteiger partial charge is 0.255 e. The monoisotopic (exact) mass is 290 g/mol. The zero-order valence-electron chi connectivity index (χ0n) is 13.0. The van der Waals surface area contributed by atoms with Crippen molar-refractivity contribution < 1.29 is 9.53 Å². The fourth-order valence-corrected chi connectivity index (χ4v) is 3.06. The van der Waals surface area contributed by atoms with E-state index in [1.807, 2.05) is 18.2 Å². The van der Waals surface area contributed by atoms with Crippen LogP contribution in [0.5, 0.6) is 5.75 Å². The zero-order chi connectivity index (χ0) is 15.2. The average Bonchev–Trinajstić information content (AvgIpc) is 2.83. The Balaban J connectivity index is 1.85. The molecule has 0 saturated carbocycles. The molecule has 4 heteroatoms. The predicted molar refractivity (Wildman–Crippen MR) is 84.0 cm³/mol. The summed E-state index contributed by atoms with van der Waals surface area (Å²) in [5.74, 6) is 1.88. The molecule has 2 rings (SSSR count). The molecule has 0 bridgehead atoms. The number of nitrogens with zero attached hydrogens (tertiary/aromatic N) is 1. The number of carbonyl (C=O) groups is 1. The second-order valence-electron chi connectivity index (χ2n) is 6.42. The summed E-state index contributed by atoms with van der Waals surface area (Å²) >= 11 is 0. The number of primary amides is 1. The molecule has 0 aromatic heterocycles. The van der Waals surface area contributed by atoms with E-state index in [0.717, 1.165) is 18.4 Å². The van der Waals surface area contributed by atoms with Gasteiger partial charge in [0.15, 0.2) is 6.61 Å². The number of carbonyl (C=O) groups excluding carboxylic acids is 1. The van der Waals surface area contributed by atoms with Gasteiger partial charge in [-0.15, -0.1) is 0 Å². The van der Waals surface area contributed by atoms with Crippen LogP contribution in [0.1, 0.15) is 32.3 Å². The summed E-state index contributed by atoms with van der Waals surface area (Å²) in [6.45, 7) is 7.82. The standard InChI is InChI=1S/C17H26N2O2/c1-13(2)8-15-6-7-19(11-15)10-14-4-3-5-16(9-14)21-12-17(18)20/h3-5,9,13,15H,6-8,10-12H2,1-2H3,(H2,18,20)/t15-/m1/s1. The van der Waals surface area contributed by atoms with Gasteiger partial charge in [0.05, 0.1) is 0 Å². The molecule has 1 aliphatic rings. The molecule has 0 spiro atoms. The Morgan fingerprint density at radius 2 is 2.29 bits per heavy atom. The Hall–Kier alpha value is -1.55. The molecule has 0 radical (unpaired) electrons. The lowest BCUT2D eigenvalue weighted by Crippen LogP contribution is -2.21. The number of ether oxygens (including phenoxy) is 1. The third-order valence-corrected chi connectivity index (χ3v) is 3.86. The van der Waals surface area contributed by atoms with Gasteiger partial charge in [-0.05, 0) is 48.9 Å². The van der Waals surface area contributed by atoms with Gasteiger partial charge in [-0.1, -0.05) is 26.0 Å². The number of amides is 1. The van der Waals surface area contributed by atoms with Crippen molar-refractivity contribution >= 4 is 5.91 Å². The van der Waals surface area contributed by atoms with Crippen molar-refractivity contribution in [1.29, 1.82) is 0 Å². The van der Waals surface area contributed by atoms with Crippen LogP contribution in [0.4, 0.5) is 0 Å². The van der Waals surface area contributed by atoms with Gasteiger partial charge >= 0.3 is 0 Å². The second kappa shape index (κ2) is 7.46. The molecular weight excluding hydrogens is 264 g/mol. The Kier molecular flexibility index (Phi) is 5.62. The van der Waals surface area contributed by atoms with Gasteiger partial charge in [0.2, 0.25) is 0 Å². The third kappa shape index (κ3) is 5.38. The number of likely N-dealkylation sites (tertiary alicyclic amines) is 1. The highest BCUT2D eigenvalue weighted by Gasteiger charge is 2.22. The first-order valence-electron chi connectivity index (χ1n) is 7.75. The lowest BCUT2D eigenvalue weighted by Gasteiger charge is -2.17. The summed E-state index contributed by atoms with van der Waals surface area (Å²) in [7, 11) is 0. The van der Waals surface area contributed by atoms with Crippen molar-refractivity contribution in [1.82, 2.24) is 4.90 Å². The molecular formula is C17H26N2O2. The topological polar surface area (TPSA) is 55.6 Å². The summed E-state index contributed by atoms with van der Waals surface area (Å²) in [5, 5.41) is 0. The minimum absolute atomic E-state index is 0.0658. The first-order valence-corrected chi connectivity index (χ1v) is 7.75. The largest absolute Gasteiger partial charge is 0.484 e. The van der Waals surface area contributed by atoms with Crippen molar-refractivity contribution in [3.8, 4) is 5.75 Å². The molecule has 1 aliphatic heterocycles. The van der Waals surface area contributed by atoms with E-state index in [0.29, 0.717) is 5.75 Å². The zero-order valence-corrected chi connectivity index (χ0v) is 13.0. The normalized spacial score (nSPS) is 19.1. The first kappa shape index (κ1) is 15.8. The molecule has 1 fully saturated rings. The molecule has 0 aliphatic carbocycles. The van der Waals surface area contributed by atoms with E-state index in [9.17, 15) is 4.79 Å². The van der Waals surface area contributed by atoms with Crippen molar-refractivity contribution in [2.45, 2.75) is 33.2 Å². The fraction of sp³-hybridized carbons (Fsp3) is 0.588. The van der Waals surface area contributed by atoms with Gasteiger partial charge in [0.25, 0.3) is 5.91 Å². The Bertz CT molecular complexity index is 474. The molecule has 0 unspecified atom stereocenters. The van der Waals surface area contributed by atoms with Crippen LogP contribution in [0.25, 0.3) is 0 Å². The van der Waals surface area contributed by atoms with Crippen LogP contribution in [0.3, 0.4) is 0 Å². The molecule has 1 amide bonds. The van der Waals surface area contributed by atoms with E-state index in [1.54, 1.807) is 0 Å². The minimum Gasteiger partial charge on any atom is -0.484 e.